The second kappa shape index (κ2) is 9.80. The second-order valence-electron chi connectivity index (χ2n) is 6.36. The lowest BCUT2D eigenvalue weighted by Gasteiger charge is -2.15. The van der Waals surface area contributed by atoms with E-state index in [4.69, 9.17) is 16.3 Å². The fraction of sp³-hybridized carbons (Fsp3) is 0.286. The maximum Gasteiger partial charge on any atom is 0.247 e. The maximum atomic E-state index is 12.7. The molecule has 1 heterocycles. The van der Waals surface area contributed by atoms with E-state index in [2.05, 4.69) is 5.32 Å². The highest BCUT2D eigenvalue weighted by Gasteiger charge is 2.39. The van der Waals surface area contributed by atoms with E-state index in [0.29, 0.717) is 34.5 Å². The van der Waals surface area contributed by atoms with E-state index in [0.717, 1.165) is 0 Å². The molecule has 0 spiro atoms. The van der Waals surface area contributed by atoms with Gasteiger partial charge in [-0.1, -0.05) is 11.6 Å². The van der Waals surface area contributed by atoms with E-state index in [1.54, 1.807) is 48.5 Å². The van der Waals surface area contributed by atoms with Crippen LogP contribution in [0.2, 0.25) is 5.02 Å². The van der Waals surface area contributed by atoms with Crippen LogP contribution in [0.4, 0.5) is 11.4 Å². The lowest BCUT2D eigenvalue weighted by molar-refractivity contribution is -0.121. The zero-order valence-corrected chi connectivity index (χ0v) is 17.5. The number of nitrogens with zero attached hydrogens (tertiary/aromatic N) is 1. The summed E-state index contributed by atoms with van der Waals surface area (Å²) in [5.41, 5.74) is 1.20. The average molecular weight is 433 g/mol. The molecule has 3 amide bonds. The Balaban J connectivity index is 1.50. The van der Waals surface area contributed by atoms with Crippen LogP contribution >= 0.6 is 23.4 Å². The molecule has 29 heavy (non-hydrogen) atoms. The number of imide groups is 1. The zero-order valence-electron chi connectivity index (χ0n) is 15.9. The van der Waals surface area contributed by atoms with E-state index < -0.39 is 5.25 Å². The summed E-state index contributed by atoms with van der Waals surface area (Å²) in [6, 6.07) is 13.7. The smallest absolute Gasteiger partial charge is 0.247 e. The van der Waals surface area contributed by atoms with E-state index in [1.165, 1.54) is 16.7 Å². The van der Waals surface area contributed by atoms with Gasteiger partial charge in [-0.2, -0.15) is 0 Å². The topological polar surface area (TPSA) is 75.7 Å². The summed E-state index contributed by atoms with van der Waals surface area (Å²) in [5.74, 6) is 0.498. The van der Waals surface area contributed by atoms with Gasteiger partial charge in [0.1, 0.15) is 5.75 Å². The number of anilines is 2. The molecule has 1 atom stereocenters. The van der Waals surface area contributed by atoms with Crippen LogP contribution in [0.5, 0.6) is 5.75 Å². The average Bonchev–Trinajstić information content (AvgIpc) is 2.98. The molecular formula is C21H21ClN2O4S. The number of rotatable bonds is 8. The van der Waals surface area contributed by atoms with Gasteiger partial charge < -0.3 is 10.1 Å². The molecule has 2 aromatic carbocycles. The number of halogens is 1. The van der Waals surface area contributed by atoms with Crippen molar-refractivity contribution < 1.29 is 19.1 Å². The van der Waals surface area contributed by atoms with E-state index in [1.807, 2.05) is 6.92 Å². The van der Waals surface area contributed by atoms with Gasteiger partial charge >= 0.3 is 0 Å². The number of carbonyl (C=O) groups excluding carboxylic acids is 3. The number of ether oxygens (including phenoxy) is 1. The first-order chi connectivity index (χ1) is 14.0. The van der Waals surface area contributed by atoms with Crippen molar-refractivity contribution in [1.29, 1.82) is 0 Å². The largest absolute Gasteiger partial charge is 0.494 e. The SMILES string of the molecule is CCOc1ccc(N2C(=O)CC(SCCC(=O)Nc3ccc(Cl)cc3)C2=O)cc1. The molecule has 1 aliphatic rings. The molecule has 0 saturated carbocycles. The fourth-order valence-electron chi connectivity index (χ4n) is 2.91. The van der Waals surface area contributed by atoms with Crippen molar-refractivity contribution >= 4 is 52.5 Å². The van der Waals surface area contributed by atoms with Gasteiger partial charge in [0.15, 0.2) is 0 Å². The number of hydrogen-bond donors (Lipinski definition) is 1. The van der Waals surface area contributed by atoms with Crippen molar-refractivity contribution in [3.8, 4) is 5.75 Å². The summed E-state index contributed by atoms with van der Waals surface area (Å²) in [5, 5.41) is 2.90. The van der Waals surface area contributed by atoms with E-state index in [-0.39, 0.29) is 30.6 Å². The third kappa shape index (κ3) is 5.52. The van der Waals surface area contributed by atoms with E-state index in [9.17, 15) is 14.4 Å². The number of nitrogens with one attached hydrogen (secondary N) is 1. The molecule has 6 nitrogen and oxygen atoms in total. The van der Waals surface area contributed by atoms with Crippen molar-refractivity contribution in [2.45, 2.75) is 25.0 Å². The lowest BCUT2D eigenvalue weighted by Crippen LogP contribution is -2.31. The first kappa shape index (κ1) is 21.2. The normalized spacial score (nSPS) is 16.2. The number of hydrogen-bond acceptors (Lipinski definition) is 5. The number of amides is 3. The van der Waals surface area contributed by atoms with Crippen LogP contribution in [0.1, 0.15) is 19.8 Å². The predicted molar refractivity (Wildman–Crippen MR) is 116 cm³/mol. The van der Waals surface area contributed by atoms with Crippen LogP contribution < -0.4 is 15.0 Å². The van der Waals surface area contributed by atoms with Crippen LogP contribution in [0, 0.1) is 0 Å². The minimum absolute atomic E-state index is 0.134. The summed E-state index contributed by atoms with van der Waals surface area (Å²) in [4.78, 5) is 38.3. The first-order valence-corrected chi connectivity index (χ1v) is 10.7. The quantitative estimate of drug-likeness (QED) is 0.634. The van der Waals surface area contributed by atoms with Gasteiger partial charge in [-0.3, -0.25) is 14.4 Å². The molecule has 3 rings (SSSR count). The van der Waals surface area contributed by atoms with Gasteiger partial charge in [0.25, 0.3) is 0 Å². The van der Waals surface area contributed by atoms with Gasteiger partial charge in [0.05, 0.1) is 17.5 Å². The van der Waals surface area contributed by atoms with Gasteiger partial charge in [0, 0.05) is 29.3 Å². The Kier molecular flexibility index (Phi) is 7.17. The molecule has 1 fully saturated rings. The number of carbonyl (C=O) groups is 3. The molecule has 1 unspecified atom stereocenters. The fourth-order valence-corrected chi connectivity index (χ4v) is 4.14. The summed E-state index contributed by atoms with van der Waals surface area (Å²) < 4.78 is 5.39. The summed E-state index contributed by atoms with van der Waals surface area (Å²) >= 11 is 7.15. The van der Waals surface area contributed by atoms with Crippen molar-refractivity contribution in [2.75, 3.05) is 22.6 Å². The van der Waals surface area contributed by atoms with Gasteiger partial charge in [-0.15, -0.1) is 11.8 Å². The second-order valence-corrected chi connectivity index (χ2v) is 8.11. The highest BCUT2D eigenvalue weighted by atomic mass is 35.5. The molecule has 2 aromatic rings. The van der Waals surface area contributed by atoms with Crippen molar-refractivity contribution in [3.63, 3.8) is 0 Å². The Hall–Kier alpha value is -2.51. The monoisotopic (exact) mass is 432 g/mol. The first-order valence-electron chi connectivity index (χ1n) is 9.24. The molecule has 0 aromatic heterocycles. The Bertz CT molecular complexity index is 887. The van der Waals surface area contributed by atoms with Crippen LogP contribution in [-0.2, 0) is 14.4 Å². The summed E-state index contributed by atoms with van der Waals surface area (Å²) in [6.07, 6.45) is 0.379. The zero-order chi connectivity index (χ0) is 20.8. The minimum Gasteiger partial charge on any atom is -0.494 e. The molecule has 0 aliphatic carbocycles. The summed E-state index contributed by atoms with van der Waals surface area (Å²) in [7, 11) is 0. The van der Waals surface area contributed by atoms with Crippen molar-refractivity contribution in [3.05, 3.63) is 53.6 Å². The van der Waals surface area contributed by atoms with Crippen LogP contribution in [-0.4, -0.2) is 35.3 Å². The molecule has 1 N–H and O–H groups in total. The van der Waals surface area contributed by atoms with E-state index >= 15 is 0 Å². The molecule has 0 radical (unpaired) electrons. The molecule has 0 bridgehead atoms. The van der Waals surface area contributed by atoms with Crippen LogP contribution in [0.3, 0.4) is 0 Å². The highest BCUT2D eigenvalue weighted by molar-refractivity contribution is 8.00. The van der Waals surface area contributed by atoms with Gasteiger partial charge in [-0.25, -0.2) is 4.90 Å². The Morgan fingerprint density at radius 1 is 1.17 bits per heavy atom. The molecule has 152 valence electrons. The molecular weight excluding hydrogens is 412 g/mol. The Morgan fingerprint density at radius 3 is 2.52 bits per heavy atom. The maximum absolute atomic E-state index is 12.7. The third-order valence-electron chi connectivity index (χ3n) is 4.29. The Morgan fingerprint density at radius 2 is 1.86 bits per heavy atom. The third-order valence-corrected chi connectivity index (χ3v) is 5.75. The molecule has 1 saturated heterocycles. The molecule has 8 heteroatoms. The minimum atomic E-state index is -0.475. The number of thioether (sulfide) groups is 1. The lowest BCUT2D eigenvalue weighted by atomic mass is 10.3. The van der Waals surface area contributed by atoms with Crippen LogP contribution in [0.25, 0.3) is 0 Å². The highest BCUT2D eigenvalue weighted by Crippen LogP contribution is 2.31. The van der Waals surface area contributed by atoms with Crippen LogP contribution in [0.15, 0.2) is 48.5 Å². The van der Waals surface area contributed by atoms with Gasteiger partial charge in [-0.05, 0) is 55.5 Å². The molecule has 1 aliphatic heterocycles. The predicted octanol–water partition coefficient (Wildman–Crippen LogP) is 4.13. The summed E-state index contributed by atoms with van der Waals surface area (Å²) in [6.45, 7) is 2.43. The number of benzene rings is 2. The van der Waals surface area contributed by atoms with Crippen molar-refractivity contribution in [1.82, 2.24) is 0 Å². The van der Waals surface area contributed by atoms with Crippen molar-refractivity contribution in [2.24, 2.45) is 0 Å². The van der Waals surface area contributed by atoms with Gasteiger partial charge in [0.2, 0.25) is 17.7 Å². The standard InChI is InChI=1S/C21H21ClN2O4S/c1-2-28-17-9-7-16(8-10-17)24-20(26)13-18(21(24)27)29-12-11-19(25)23-15-5-3-14(22)4-6-15/h3-10,18H,2,11-13H2,1H3,(H,23,25). The Labute approximate surface area is 178 Å².